The summed E-state index contributed by atoms with van der Waals surface area (Å²) < 4.78 is 44.9. The third-order valence-corrected chi connectivity index (χ3v) is 5.25. The number of hydrogen-bond donors (Lipinski definition) is 0. The van der Waals surface area contributed by atoms with Crippen LogP contribution in [0.3, 0.4) is 0 Å². The zero-order valence-corrected chi connectivity index (χ0v) is 15.9. The molecule has 0 saturated heterocycles. The largest absolute Gasteiger partial charge is 0.493 e. The van der Waals surface area contributed by atoms with Gasteiger partial charge in [-0.25, -0.2) is 13.8 Å². The van der Waals surface area contributed by atoms with Crippen molar-refractivity contribution in [3.8, 4) is 11.5 Å². The van der Waals surface area contributed by atoms with Crippen LogP contribution in [0.5, 0.6) is 11.5 Å². The van der Waals surface area contributed by atoms with Crippen molar-refractivity contribution < 1.29 is 22.7 Å². The van der Waals surface area contributed by atoms with Gasteiger partial charge in [-0.05, 0) is 37.3 Å². The van der Waals surface area contributed by atoms with E-state index in [9.17, 15) is 8.78 Å². The van der Waals surface area contributed by atoms with Crippen molar-refractivity contribution in [2.75, 3.05) is 7.11 Å². The zero-order chi connectivity index (χ0) is 20.1. The standard InChI is InChI=1S/C22H18F2N2O3/c1-12-6-9-19(28-12)17-11-18-14-4-3-5-20(27-2)21(14)29-22(26(18)25-17)13-7-8-15(23)16(24)10-13/h3-10,18,22H,11H2,1-2H3/t18-,22-/m0/s1. The molecule has 148 valence electrons. The number of rotatable bonds is 3. The highest BCUT2D eigenvalue weighted by Gasteiger charge is 2.42. The smallest absolute Gasteiger partial charge is 0.214 e. The highest BCUT2D eigenvalue weighted by Crippen LogP contribution is 2.50. The third-order valence-electron chi connectivity index (χ3n) is 5.25. The van der Waals surface area contributed by atoms with E-state index in [1.165, 1.54) is 6.07 Å². The Balaban J connectivity index is 1.63. The zero-order valence-electron chi connectivity index (χ0n) is 15.9. The third kappa shape index (κ3) is 2.85. The second kappa shape index (κ2) is 6.62. The lowest BCUT2D eigenvalue weighted by atomic mass is 9.97. The van der Waals surface area contributed by atoms with Gasteiger partial charge in [0, 0.05) is 17.5 Å². The van der Waals surface area contributed by atoms with Crippen LogP contribution in [0.4, 0.5) is 8.78 Å². The molecular weight excluding hydrogens is 378 g/mol. The highest BCUT2D eigenvalue weighted by molar-refractivity contribution is 5.99. The number of hydrogen-bond acceptors (Lipinski definition) is 5. The lowest BCUT2D eigenvalue weighted by Crippen LogP contribution is -2.34. The number of aryl methyl sites for hydroxylation is 1. The van der Waals surface area contributed by atoms with E-state index in [4.69, 9.17) is 19.0 Å². The molecule has 7 heteroatoms. The van der Waals surface area contributed by atoms with Crippen molar-refractivity contribution in [3.05, 3.63) is 82.8 Å². The quantitative estimate of drug-likeness (QED) is 0.617. The van der Waals surface area contributed by atoms with Crippen LogP contribution < -0.4 is 9.47 Å². The Hall–Kier alpha value is -3.35. The summed E-state index contributed by atoms with van der Waals surface area (Å²) in [5.41, 5.74) is 2.16. The van der Waals surface area contributed by atoms with Crippen LogP contribution in [-0.2, 0) is 0 Å². The van der Waals surface area contributed by atoms with Gasteiger partial charge in [-0.2, -0.15) is 5.10 Å². The Morgan fingerprint density at radius 3 is 2.69 bits per heavy atom. The number of hydrazone groups is 1. The minimum atomic E-state index is -0.932. The summed E-state index contributed by atoms with van der Waals surface area (Å²) in [6.45, 7) is 1.87. The van der Waals surface area contributed by atoms with Crippen molar-refractivity contribution in [2.45, 2.75) is 25.6 Å². The van der Waals surface area contributed by atoms with Gasteiger partial charge in [0.05, 0.1) is 13.2 Å². The highest BCUT2D eigenvalue weighted by atomic mass is 19.2. The van der Waals surface area contributed by atoms with Gasteiger partial charge < -0.3 is 13.9 Å². The molecule has 0 saturated carbocycles. The van der Waals surface area contributed by atoms with Crippen molar-refractivity contribution >= 4 is 5.71 Å². The molecule has 0 aliphatic carbocycles. The maximum atomic E-state index is 13.9. The summed E-state index contributed by atoms with van der Waals surface area (Å²) >= 11 is 0. The normalized spacial score (nSPS) is 20.0. The van der Waals surface area contributed by atoms with E-state index in [-0.39, 0.29) is 6.04 Å². The van der Waals surface area contributed by atoms with E-state index in [1.807, 2.05) is 37.3 Å². The van der Waals surface area contributed by atoms with E-state index in [1.54, 1.807) is 12.1 Å². The van der Waals surface area contributed by atoms with Gasteiger partial charge in [0.2, 0.25) is 6.23 Å². The van der Waals surface area contributed by atoms with Gasteiger partial charge >= 0.3 is 0 Å². The second-order valence-corrected chi connectivity index (χ2v) is 7.08. The van der Waals surface area contributed by atoms with Crippen LogP contribution in [-0.4, -0.2) is 17.8 Å². The fraction of sp³-hybridized carbons (Fsp3) is 0.227. The van der Waals surface area contributed by atoms with Gasteiger partial charge in [0.15, 0.2) is 23.1 Å². The Morgan fingerprint density at radius 1 is 1.10 bits per heavy atom. The molecular formula is C22H18F2N2O3. The Morgan fingerprint density at radius 2 is 1.97 bits per heavy atom. The van der Waals surface area contributed by atoms with E-state index in [2.05, 4.69) is 0 Å². The maximum Gasteiger partial charge on any atom is 0.214 e. The molecule has 2 aliphatic rings. The summed E-state index contributed by atoms with van der Waals surface area (Å²) in [7, 11) is 1.57. The molecule has 1 aromatic heterocycles. The van der Waals surface area contributed by atoms with Crippen molar-refractivity contribution in [3.63, 3.8) is 0 Å². The molecule has 0 unspecified atom stereocenters. The Bertz CT molecular complexity index is 1120. The number of methoxy groups -OCH3 is 1. The van der Waals surface area contributed by atoms with Gasteiger partial charge in [-0.3, -0.25) is 0 Å². The Kier molecular flexibility index (Phi) is 4.04. The number of ether oxygens (including phenoxy) is 2. The molecule has 0 bridgehead atoms. The van der Waals surface area contributed by atoms with Gasteiger partial charge in [0.25, 0.3) is 0 Å². The average molecular weight is 396 g/mol. The number of fused-ring (bicyclic) bond motifs is 3. The monoisotopic (exact) mass is 396 g/mol. The fourth-order valence-corrected chi connectivity index (χ4v) is 3.87. The number of furan rings is 1. The molecule has 0 radical (unpaired) electrons. The first kappa shape index (κ1) is 17.7. The maximum absolute atomic E-state index is 13.9. The van der Waals surface area contributed by atoms with Crippen LogP contribution in [0.1, 0.15) is 41.3 Å². The van der Waals surface area contributed by atoms with E-state index in [0.29, 0.717) is 29.2 Å². The summed E-state index contributed by atoms with van der Waals surface area (Å²) in [5.74, 6) is 0.804. The predicted octanol–water partition coefficient (Wildman–Crippen LogP) is 5.12. The molecule has 0 fully saturated rings. The van der Waals surface area contributed by atoms with Crippen molar-refractivity contribution in [1.29, 1.82) is 0 Å². The minimum absolute atomic E-state index is 0.146. The Labute approximate surface area is 166 Å². The molecule has 5 rings (SSSR count). The van der Waals surface area contributed by atoms with E-state index in [0.717, 1.165) is 29.2 Å². The SMILES string of the molecule is COc1cccc2c1O[C@@H](c1ccc(F)c(F)c1)N1N=C(c3ccc(C)o3)C[C@@H]21. The lowest BCUT2D eigenvalue weighted by Gasteiger charge is -2.38. The predicted molar refractivity (Wildman–Crippen MR) is 102 cm³/mol. The number of nitrogens with zero attached hydrogens (tertiary/aromatic N) is 2. The van der Waals surface area contributed by atoms with Crippen LogP contribution in [0.15, 0.2) is 58.0 Å². The number of benzene rings is 2. The molecule has 0 amide bonds. The fourth-order valence-electron chi connectivity index (χ4n) is 3.87. The van der Waals surface area contributed by atoms with Crippen molar-refractivity contribution in [2.24, 2.45) is 5.10 Å². The number of halogens is 2. The molecule has 5 nitrogen and oxygen atoms in total. The van der Waals surface area contributed by atoms with Crippen LogP contribution in [0, 0.1) is 18.6 Å². The lowest BCUT2D eigenvalue weighted by molar-refractivity contribution is -0.0211. The summed E-state index contributed by atoms with van der Waals surface area (Å²) in [5, 5.41) is 6.51. The summed E-state index contributed by atoms with van der Waals surface area (Å²) in [4.78, 5) is 0. The molecule has 2 aromatic carbocycles. The molecule has 29 heavy (non-hydrogen) atoms. The molecule has 3 aromatic rings. The van der Waals surface area contributed by atoms with Crippen molar-refractivity contribution in [1.82, 2.24) is 5.01 Å². The summed E-state index contributed by atoms with van der Waals surface area (Å²) in [6.07, 6.45) is -0.135. The van der Waals surface area contributed by atoms with Crippen LogP contribution in [0.25, 0.3) is 0 Å². The average Bonchev–Trinajstić information content (AvgIpc) is 3.35. The topological polar surface area (TPSA) is 47.2 Å². The molecule has 2 aliphatic heterocycles. The molecule has 0 spiro atoms. The first-order valence-electron chi connectivity index (χ1n) is 9.26. The molecule has 0 N–H and O–H groups in total. The van der Waals surface area contributed by atoms with Gasteiger partial charge in [-0.1, -0.05) is 18.2 Å². The van der Waals surface area contributed by atoms with E-state index >= 15 is 0 Å². The minimum Gasteiger partial charge on any atom is -0.493 e. The molecule has 3 heterocycles. The summed E-state index contributed by atoms with van der Waals surface area (Å²) in [6, 6.07) is 13.0. The van der Waals surface area contributed by atoms with Gasteiger partial charge in [-0.15, -0.1) is 0 Å². The van der Waals surface area contributed by atoms with Crippen LogP contribution >= 0.6 is 0 Å². The number of para-hydroxylation sites is 1. The van der Waals surface area contributed by atoms with Gasteiger partial charge in [0.1, 0.15) is 17.2 Å². The first-order valence-corrected chi connectivity index (χ1v) is 9.26. The van der Waals surface area contributed by atoms with E-state index < -0.39 is 17.9 Å². The molecule has 2 atom stereocenters. The second-order valence-electron chi connectivity index (χ2n) is 7.08. The first-order chi connectivity index (χ1) is 14.0. The van der Waals surface area contributed by atoms with Crippen LogP contribution in [0.2, 0.25) is 0 Å².